The van der Waals surface area contributed by atoms with Crippen LogP contribution in [-0.4, -0.2) is 28.3 Å². The molecule has 1 unspecified atom stereocenters. The Morgan fingerprint density at radius 1 is 1.24 bits per heavy atom. The maximum absolute atomic E-state index is 11.5. The molecule has 33 heavy (non-hydrogen) atoms. The molecule has 0 aliphatic heterocycles. The second kappa shape index (κ2) is 14.2. The van der Waals surface area contributed by atoms with Gasteiger partial charge in [0.1, 0.15) is 0 Å². The summed E-state index contributed by atoms with van der Waals surface area (Å²) in [4.78, 5) is 20.2. The minimum absolute atomic E-state index is 0.0135. The molecule has 2 aromatic rings. The van der Waals surface area contributed by atoms with Crippen LogP contribution in [-0.2, 0) is 4.79 Å². The molecule has 1 aromatic heterocycles. The normalized spacial score (nSPS) is 15.5. The zero-order valence-corrected chi connectivity index (χ0v) is 20.1. The van der Waals surface area contributed by atoms with Crippen molar-refractivity contribution in [2.45, 2.75) is 71.4 Å². The lowest BCUT2D eigenvalue weighted by Gasteiger charge is -2.17. The number of hydrogen-bond donors (Lipinski definition) is 2. The molecule has 1 heterocycles. The van der Waals surface area contributed by atoms with E-state index in [9.17, 15) is 9.90 Å². The average Bonchev–Trinajstić information content (AvgIpc) is 2.84. The van der Waals surface area contributed by atoms with Crippen LogP contribution in [0.1, 0.15) is 80.7 Å². The third-order valence-electron chi connectivity index (χ3n) is 5.64. The van der Waals surface area contributed by atoms with Crippen molar-refractivity contribution < 1.29 is 9.90 Å². The minimum Gasteiger partial charge on any atom is -0.388 e. The van der Waals surface area contributed by atoms with Gasteiger partial charge in [0.05, 0.1) is 24.2 Å². The van der Waals surface area contributed by atoms with Crippen molar-refractivity contribution in [2.24, 2.45) is 4.99 Å². The lowest BCUT2D eigenvalue weighted by molar-refractivity contribution is -0.112. The van der Waals surface area contributed by atoms with Crippen molar-refractivity contribution in [3.8, 4) is 0 Å². The highest BCUT2D eigenvalue weighted by molar-refractivity contribution is 5.97. The summed E-state index contributed by atoms with van der Waals surface area (Å²) >= 11 is 0. The van der Waals surface area contributed by atoms with Gasteiger partial charge < -0.3 is 10.4 Å². The number of benzene rings is 1. The number of pyridine rings is 1. The van der Waals surface area contributed by atoms with E-state index >= 15 is 0 Å². The number of aliphatic imine (C=N–C) groups is 1. The van der Waals surface area contributed by atoms with Crippen LogP contribution in [0.3, 0.4) is 0 Å². The number of carbonyl (C=O) groups excluding carboxylic acids is 1. The third kappa shape index (κ3) is 9.15. The Morgan fingerprint density at radius 2 is 1.94 bits per heavy atom. The van der Waals surface area contributed by atoms with Gasteiger partial charge in [0.2, 0.25) is 0 Å². The second-order valence-corrected chi connectivity index (χ2v) is 8.38. The Morgan fingerprint density at radius 3 is 2.55 bits per heavy atom. The van der Waals surface area contributed by atoms with Gasteiger partial charge in [-0.05, 0) is 44.7 Å². The van der Waals surface area contributed by atoms with Gasteiger partial charge in [0.15, 0.2) is 5.78 Å². The summed E-state index contributed by atoms with van der Waals surface area (Å²) in [5.74, 6) is -0.0135. The highest BCUT2D eigenvalue weighted by Crippen LogP contribution is 2.20. The van der Waals surface area contributed by atoms with E-state index in [4.69, 9.17) is 0 Å². The zero-order chi connectivity index (χ0) is 24.1. The van der Waals surface area contributed by atoms with E-state index in [1.165, 1.54) is 31.7 Å². The van der Waals surface area contributed by atoms with Gasteiger partial charge >= 0.3 is 0 Å². The number of allylic oxidation sites excluding steroid dienone is 1. The van der Waals surface area contributed by atoms with E-state index in [0.29, 0.717) is 6.04 Å². The molecule has 2 N–H and O–H groups in total. The highest BCUT2D eigenvalue weighted by Gasteiger charge is 2.11. The van der Waals surface area contributed by atoms with Crippen molar-refractivity contribution in [3.05, 3.63) is 77.6 Å². The van der Waals surface area contributed by atoms with Crippen molar-refractivity contribution in [1.29, 1.82) is 0 Å². The van der Waals surface area contributed by atoms with E-state index in [0.717, 1.165) is 41.6 Å². The lowest BCUT2D eigenvalue weighted by atomic mass is 9.96. The van der Waals surface area contributed by atoms with Crippen LogP contribution in [0.15, 0.2) is 60.4 Å². The van der Waals surface area contributed by atoms with Crippen LogP contribution < -0.4 is 5.32 Å². The van der Waals surface area contributed by atoms with E-state index in [2.05, 4.69) is 21.9 Å². The number of rotatable bonds is 8. The molecule has 1 aliphatic carbocycles. The topological polar surface area (TPSA) is 74.6 Å². The first kappa shape index (κ1) is 26.2. The van der Waals surface area contributed by atoms with E-state index in [1.54, 1.807) is 30.9 Å². The summed E-state index contributed by atoms with van der Waals surface area (Å²) in [6.45, 7) is 9.35. The summed E-state index contributed by atoms with van der Waals surface area (Å²) in [6.07, 6.45) is 15.1. The summed E-state index contributed by atoms with van der Waals surface area (Å²) in [5.41, 5.74) is 4.75. The molecule has 1 aliphatic rings. The first-order valence-corrected chi connectivity index (χ1v) is 11.8. The number of ketones is 1. The first-order valence-electron chi connectivity index (χ1n) is 11.8. The van der Waals surface area contributed by atoms with Crippen molar-refractivity contribution >= 4 is 23.9 Å². The van der Waals surface area contributed by atoms with Crippen LogP contribution in [0.5, 0.6) is 0 Å². The molecule has 0 spiro atoms. The molecule has 1 saturated carbocycles. The molecule has 0 bridgehead atoms. The largest absolute Gasteiger partial charge is 0.388 e. The summed E-state index contributed by atoms with van der Waals surface area (Å²) in [5, 5.41) is 12.6. The Hall–Kier alpha value is -3.05. The van der Waals surface area contributed by atoms with Gasteiger partial charge in [-0.3, -0.25) is 14.8 Å². The van der Waals surface area contributed by atoms with Crippen molar-refractivity contribution in [3.63, 3.8) is 0 Å². The minimum atomic E-state index is -0.296. The predicted molar refractivity (Wildman–Crippen MR) is 138 cm³/mol. The Labute approximate surface area is 198 Å². The fraction of sp³-hybridized carbons (Fsp3) is 0.393. The van der Waals surface area contributed by atoms with Crippen molar-refractivity contribution in [2.75, 3.05) is 0 Å². The van der Waals surface area contributed by atoms with Crippen LogP contribution >= 0.6 is 0 Å². The lowest BCUT2D eigenvalue weighted by Crippen LogP contribution is -2.16. The molecule has 5 nitrogen and oxygen atoms in total. The Bertz CT molecular complexity index is 942. The van der Waals surface area contributed by atoms with Gasteiger partial charge in [-0.15, -0.1) is 0 Å². The Kier molecular flexibility index (Phi) is 11.3. The van der Waals surface area contributed by atoms with Crippen molar-refractivity contribution in [1.82, 2.24) is 10.3 Å². The van der Waals surface area contributed by atoms with Gasteiger partial charge in [-0.1, -0.05) is 68.7 Å². The standard InChI is InChI=1S/C18H23N3O.C10H14O/c1-3-15-12-19-10-9-17(15)18(11-14(2)22)21-13-20-16-7-5-4-6-8-16;1-3-10(11)9-6-4-8(2)5-7-9/h3,9-13,16H,1,4-8H2,2H3,(H,20,21);4-7,10-11H,3H2,1-2H3/b18-11-;. The molecule has 3 rings (SSSR count). The molecular formula is C28H37N3O2. The number of aliphatic hydroxyl groups excluding tert-OH is 1. The molecule has 176 valence electrons. The second-order valence-electron chi connectivity index (χ2n) is 8.38. The van der Waals surface area contributed by atoms with Gasteiger partial charge in [0.25, 0.3) is 0 Å². The summed E-state index contributed by atoms with van der Waals surface area (Å²) in [7, 11) is 0. The van der Waals surface area contributed by atoms with Gasteiger partial charge in [-0.25, -0.2) is 0 Å². The quantitative estimate of drug-likeness (QED) is 0.294. The SMILES string of the molecule is C=Cc1cnccc1/C(=C/C(C)=O)NC=NC1CCCCC1.CCC(O)c1ccc(C)cc1. The smallest absolute Gasteiger partial charge is 0.154 e. The predicted octanol–water partition coefficient (Wildman–Crippen LogP) is 6.04. The molecule has 0 saturated heterocycles. The first-order chi connectivity index (χ1) is 15.9. The molecule has 5 heteroatoms. The maximum Gasteiger partial charge on any atom is 0.154 e. The molecule has 1 aromatic carbocycles. The van der Waals surface area contributed by atoms with E-state index < -0.39 is 0 Å². The zero-order valence-electron chi connectivity index (χ0n) is 20.1. The number of carbonyl (C=O) groups is 1. The molecule has 0 radical (unpaired) electrons. The number of hydrogen-bond acceptors (Lipinski definition) is 4. The molecule has 0 amide bonds. The number of aliphatic hydroxyl groups is 1. The maximum atomic E-state index is 11.5. The van der Waals surface area contributed by atoms with Crippen LogP contribution in [0.25, 0.3) is 11.8 Å². The van der Waals surface area contributed by atoms with Gasteiger partial charge in [0, 0.05) is 29.6 Å². The number of aryl methyl sites for hydroxylation is 1. The average molecular weight is 448 g/mol. The molecule has 1 fully saturated rings. The van der Waals surface area contributed by atoms with E-state index in [1.807, 2.05) is 44.2 Å². The molecular weight excluding hydrogens is 410 g/mol. The number of nitrogens with one attached hydrogen (secondary N) is 1. The Balaban J connectivity index is 0.000000294. The third-order valence-corrected chi connectivity index (χ3v) is 5.64. The van der Waals surface area contributed by atoms with Crippen LogP contribution in [0, 0.1) is 6.92 Å². The van der Waals surface area contributed by atoms with Crippen LogP contribution in [0.2, 0.25) is 0 Å². The summed E-state index contributed by atoms with van der Waals surface area (Å²) in [6, 6.07) is 10.3. The summed E-state index contributed by atoms with van der Waals surface area (Å²) < 4.78 is 0. The van der Waals surface area contributed by atoms with Gasteiger partial charge in [-0.2, -0.15) is 0 Å². The van der Waals surface area contributed by atoms with E-state index in [-0.39, 0.29) is 11.9 Å². The fourth-order valence-electron chi connectivity index (χ4n) is 3.68. The number of nitrogens with zero attached hydrogens (tertiary/aromatic N) is 2. The fourth-order valence-corrected chi connectivity index (χ4v) is 3.68. The number of aromatic nitrogens is 1. The molecule has 1 atom stereocenters. The monoisotopic (exact) mass is 447 g/mol. The van der Waals surface area contributed by atoms with Crippen LogP contribution in [0.4, 0.5) is 0 Å². The highest BCUT2D eigenvalue weighted by atomic mass is 16.3.